The number of hydrogen-bond donors (Lipinski definition) is 1. The summed E-state index contributed by atoms with van der Waals surface area (Å²) in [5.41, 5.74) is 3.08. The van der Waals surface area contributed by atoms with E-state index >= 15 is 0 Å². The topological polar surface area (TPSA) is 29.5 Å². The van der Waals surface area contributed by atoms with Crippen LogP contribution in [0.25, 0.3) is 0 Å². The molecule has 2 aliphatic carbocycles. The van der Waals surface area contributed by atoms with Gasteiger partial charge in [0.15, 0.2) is 0 Å². The zero-order chi connectivity index (χ0) is 16.8. The van der Waals surface area contributed by atoms with Gasteiger partial charge >= 0.3 is 0 Å². The molecule has 2 heteroatoms. The maximum absolute atomic E-state index is 8.98. The van der Waals surface area contributed by atoms with Gasteiger partial charge in [-0.2, -0.15) is 0 Å². The van der Waals surface area contributed by atoms with E-state index in [4.69, 9.17) is 9.84 Å². The van der Waals surface area contributed by atoms with Gasteiger partial charge in [0.2, 0.25) is 0 Å². The van der Waals surface area contributed by atoms with Crippen molar-refractivity contribution in [2.75, 3.05) is 13.7 Å². The summed E-state index contributed by atoms with van der Waals surface area (Å²) in [6.45, 7) is 0.355. The van der Waals surface area contributed by atoms with Crippen molar-refractivity contribution in [1.29, 1.82) is 0 Å². The Morgan fingerprint density at radius 1 is 0.833 bits per heavy atom. The Kier molecular flexibility index (Phi) is 6.74. The van der Waals surface area contributed by atoms with Gasteiger partial charge in [0, 0.05) is 13.7 Å². The molecule has 1 aromatic carbocycles. The van der Waals surface area contributed by atoms with Gasteiger partial charge in [-0.25, -0.2) is 0 Å². The highest BCUT2D eigenvalue weighted by Gasteiger charge is 2.24. The van der Waals surface area contributed by atoms with Crippen LogP contribution in [-0.4, -0.2) is 24.9 Å². The molecule has 0 atom stereocenters. The highest BCUT2D eigenvalue weighted by atomic mass is 16.5. The Bertz CT molecular complexity index is 465. The van der Waals surface area contributed by atoms with Gasteiger partial charge in [-0.15, -0.1) is 0 Å². The maximum atomic E-state index is 8.98. The largest absolute Gasteiger partial charge is 0.396 e. The van der Waals surface area contributed by atoms with Crippen LogP contribution in [0, 0.1) is 5.92 Å². The Balaban J connectivity index is 1.50. The van der Waals surface area contributed by atoms with Crippen molar-refractivity contribution >= 4 is 0 Å². The lowest BCUT2D eigenvalue weighted by Gasteiger charge is -2.30. The first-order valence-electron chi connectivity index (χ1n) is 10.0. The van der Waals surface area contributed by atoms with E-state index in [1.807, 2.05) is 7.11 Å². The van der Waals surface area contributed by atoms with Crippen molar-refractivity contribution in [3.05, 3.63) is 35.4 Å². The van der Waals surface area contributed by atoms with E-state index in [1.54, 1.807) is 5.56 Å². The van der Waals surface area contributed by atoms with Crippen LogP contribution in [0.4, 0.5) is 0 Å². The normalized spacial score (nSPS) is 31.1. The smallest absolute Gasteiger partial charge is 0.0571 e. The molecule has 0 aliphatic heterocycles. The Hall–Kier alpha value is -0.860. The Labute approximate surface area is 147 Å². The quantitative estimate of drug-likeness (QED) is 0.756. The fraction of sp³-hybridized carbons (Fsp3) is 0.727. The molecule has 0 amide bonds. The summed E-state index contributed by atoms with van der Waals surface area (Å²) in [6, 6.07) is 9.59. The first-order chi connectivity index (χ1) is 11.8. The minimum atomic E-state index is 0.355. The number of methoxy groups -OCH3 is 1. The van der Waals surface area contributed by atoms with Gasteiger partial charge in [-0.1, -0.05) is 24.3 Å². The molecule has 24 heavy (non-hydrogen) atoms. The van der Waals surface area contributed by atoms with E-state index in [9.17, 15) is 0 Å². The van der Waals surface area contributed by atoms with Crippen molar-refractivity contribution < 1.29 is 9.84 Å². The fourth-order valence-corrected chi connectivity index (χ4v) is 4.84. The molecule has 0 bridgehead atoms. The summed E-state index contributed by atoms with van der Waals surface area (Å²) >= 11 is 0. The predicted octanol–water partition coefficient (Wildman–Crippen LogP) is 5.41. The lowest BCUT2D eigenvalue weighted by Crippen LogP contribution is -2.19. The first-order valence-corrected chi connectivity index (χ1v) is 10.0. The molecule has 3 rings (SSSR count). The second-order valence-corrected chi connectivity index (χ2v) is 7.96. The van der Waals surface area contributed by atoms with Gasteiger partial charge in [0.1, 0.15) is 0 Å². The third kappa shape index (κ3) is 4.61. The summed E-state index contributed by atoms with van der Waals surface area (Å²) in [6.07, 6.45) is 13.0. The van der Waals surface area contributed by atoms with Crippen LogP contribution in [0.3, 0.4) is 0 Å². The van der Waals surface area contributed by atoms with Crippen molar-refractivity contribution in [3.63, 3.8) is 0 Å². The molecule has 0 heterocycles. The second-order valence-electron chi connectivity index (χ2n) is 7.96. The predicted molar refractivity (Wildman–Crippen MR) is 99.5 cm³/mol. The van der Waals surface area contributed by atoms with E-state index in [2.05, 4.69) is 24.3 Å². The van der Waals surface area contributed by atoms with Crippen molar-refractivity contribution in [1.82, 2.24) is 0 Å². The summed E-state index contributed by atoms with van der Waals surface area (Å²) in [7, 11) is 1.85. The molecule has 1 N–H and O–H groups in total. The zero-order valence-electron chi connectivity index (χ0n) is 15.3. The van der Waals surface area contributed by atoms with Gasteiger partial charge in [0.25, 0.3) is 0 Å². The van der Waals surface area contributed by atoms with Crippen LogP contribution in [-0.2, 0) is 4.74 Å². The molecular weight excluding hydrogens is 296 g/mol. The molecule has 2 aliphatic rings. The highest BCUT2D eigenvalue weighted by molar-refractivity contribution is 5.28. The Morgan fingerprint density at radius 3 is 1.79 bits per heavy atom. The van der Waals surface area contributed by atoms with Crippen molar-refractivity contribution in [2.24, 2.45) is 5.92 Å². The minimum absolute atomic E-state index is 0.355. The van der Waals surface area contributed by atoms with Gasteiger partial charge < -0.3 is 9.84 Å². The molecule has 0 aromatic heterocycles. The molecule has 1 aromatic rings. The number of rotatable bonds is 6. The molecule has 2 fully saturated rings. The van der Waals surface area contributed by atoms with Crippen LogP contribution in [0.5, 0.6) is 0 Å². The number of hydrogen-bond acceptors (Lipinski definition) is 2. The molecule has 2 nitrogen and oxygen atoms in total. The lowest BCUT2D eigenvalue weighted by atomic mass is 9.76. The van der Waals surface area contributed by atoms with Crippen molar-refractivity contribution in [2.45, 2.75) is 82.1 Å². The molecule has 2 saturated carbocycles. The van der Waals surface area contributed by atoms with E-state index in [0.717, 1.165) is 24.2 Å². The van der Waals surface area contributed by atoms with Gasteiger partial charge in [-0.05, 0) is 93.1 Å². The third-order valence-electron chi connectivity index (χ3n) is 6.50. The zero-order valence-corrected chi connectivity index (χ0v) is 15.3. The highest BCUT2D eigenvalue weighted by Crippen LogP contribution is 2.39. The monoisotopic (exact) mass is 330 g/mol. The summed E-state index contributed by atoms with van der Waals surface area (Å²) in [5, 5.41) is 8.98. The SMILES string of the molecule is COC1CCC(c2ccc(C3CCC(CCCO)CC3)cc2)CC1. The summed E-state index contributed by atoms with van der Waals surface area (Å²) in [4.78, 5) is 0. The molecule has 134 valence electrons. The van der Waals surface area contributed by atoms with E-state index in [0.29, 0.717) is 12.7 Å². The van der Waals surface area contributed by atoms with Crippen LogP contribution in [0.1, 0.15) is 87.2 Å². The van der Waals surface area contributed by atoms with Gasteiger partial charge in [0.05, 0.1) is 6.10 Å². The van der Waals surface area contributed by atoms with Crippen molar-refractivity contribution in [3.8, 4) is 0 Å². The van der Waals surface area contributed by atoms with Crippen LogP contribution < -0.4 is 0 Å². The minimum Gasteiger partial charge on any atom is -0.396 e. The van der Waals surface area contributed by atoms with Crippen LogP contribution in [0.2, 0.25) is 0 Å². The molecule has 0 radical (unpaired) electrons. The Morgan fingerprint density at radius 2 is 1.33 bits per heavy atom. The second kappa shape index (κ2) is 9.01. The van der Waals surface area contributed by atoms with Crippen LogP contribution >= 0.6 is 0 Å². The molecule has 0 saturated heterocycles. The summed E-state index contributed by atoms with van der Waals surface area (Å²) < 4.78 is 5.49. The molecule has 0 unspecified atom stereocenters. The number of aliphatic hydroxyl groups is 1. The number of benzene rings is 1. The number of ether oxygens (including phenoxy) is 1. The number of aliphatic hydroxyl groups excluding tert-OH is 1. The van der Waals surface area contributed by atoms with E-state index < -0.39 is 0 Å². The average molecular weight is 331 g/mol. The molecule has 0 spiro atoms. The maximum Gasteiger partial charge on any atom is 0.0571 e. The van der Waals surface area contributed by atoms with E-state index in [1.165, 1.54) is 63.4 Å². The lowest BCUT2D eigenvalue weighted by molar-refractivity contribution is 0.0658. The fourth-order valence-electron chi connectivity index (χ4n) is 4.84. The standard InChI is InChI=1S/C22H34O2/c1-24-22-14-12-21(13-15-22)20-10-8-19(9-11-20)18-6-4-17(5-7-18)3-2-16-23/h8-11,17-18,21-23H,2-7,12-16H2,1H3. The summed E-state index contributed by atoms with van der Waals surface area (Å²) in [5.74, 6) is 2.34. The van der Waals surface area contributed by atoms with Crippen LogP contribution in [0.15, 0.2) is 24.3 Å². The van der Waals surface area contributed by atoms with Gasteiger partial charge in [-0.3, -0.25) is 0 Å². The third-order valence-corrected chi connectivity index (χ3v) is 6.50. The first kappa shape index (κ1) is 17.9. The van der Waals surface area contributed by atoms with E-state index in [-0.39, 0.29) is 0 Å². The average Bonchev–Trinajstić information content (AvgIpc) is 2.67. The molecular formula is C22H34O2.